The first kappa shape index (κ1) is 14.3. The molecule has 0 radical (unpaired) electrons. The molecule has 0 aliphatic heterocycles. The second-order valence-electron chi connectivity index (χ2n) is 3.34. The maximum Gasteiger partial charge on any atom is 0.123 e. The highest BCUT2D eigenvalue weighted by molar-refractivity contribution is 7.98. The van der Waals surface area contributed by atoms with Crippen LogP contribution in [-0.2, 0) is 10.5 Å². The van der Waals surface area contributed by atoms with Crippen LogP contribution in [0.5, 0.6) is 5.75 Å². The first-order valence-electron chi connectivity index (χ1n) is 5.36. The molecule has 3 nitrogen and oxygen atoms in total. The number of hydrogen-bond donors (Lipinski definition) is 1. The maximum atomic E-state index is 13.0. The highest BCUT2D eigenvalue weighted by Crippen LogP contribution is 2.23. The number of methoxy groups -OCH3 is 1. The Labute approximate surface area is 105 Å². The minimum atomic E-state index is -0.252. The van der Waals surface area contributed by atoms with Gasteiger partial charge in [-0.15, -0.1) is 0 Å². The fourth-order valence-electron chi connectivity index (χ4n) is 1.33. The molecule has 1 N–H and O–H groups in total. The molecule has 0 bridgehead atoms. The maximum absolute atomic E-state index is 13.0. The molecule has 17 heavy (non-hydrogen) atoms. The van der Waals surface area contributed by atoms with Crippen LogP contribution >= 0.6 is 11.8 Å². The third kappa shape index (κ3) is 5.39. The van der Waals surface area contributed by atoms with Gasteiger partial charge in [0.2, 0.25) is 0 Å². The quantitative estimate of drug-likeness (QED) is 0.726. The Bertz CT molecular complexity index is 334. The van der Waals surface area contributed by atoms with E-state index in [0.717, 1.165) is 11.3 Å². The first-order chi connectivity index (χ1) is 8.27. The van der Waals surface area contributed by atoms with Crippen LogP contribution in [0.15, 0.2) is 18.2 Å². The summed E-state index contributed by atoms with van der Waals surface area (Å²) in [5.41, 5.74) is 0.847. The monoisotopic (exact) mass is 260 g/mol. The normalized spacial score (nSPS) is 10.5. The fraction of sp³-hybridized carbons (Fsp3) is 0.500. The Balaban J connectivity index is 2.32. The number of rotatable bonds is 8. The van der Waals surface area contributed by atoms with E-state index < -0.39 is 0 Å². The zero-order valence-corrected chi connectivity index (χ0v) is 10.6. The Hall–Kier alpha value is -0.780. The molecule has 0 unspecified atom stereocenters. The van der Waals surface area contributed by atoms with E-state index in [4.69, 9.17) is 14.6 Å². The highest BCUT2D eigenvalue weighted by Gasteiger charge is 2.04. The van der Waals surface area contributed by atoms with E-state index in [1.54, 1.807) is 24.9 Å². The van der Waals surface area contributed by atoms with Gasteiger partial charge in [-0.1, -0.05) is 0 Å². The van der Waals surface area contributed by atoms with Crippen molar-refractivity contribution in [3.63, 3.8) is 0 Å². The molecule has 0 saturated carbocycles. The van der Waals surface area contributed by atoms with Crippen LogP contribution in [0.2, 0.25) is 0 Å². The van der Waals surface area contributed by atoms with Crippen molar-refractivity contribution in [1.29, 1.82) is 0 Å². The van der Waals surface area contributed by atoms with Crippen molar-refractivity contribution in [1.82, 2.24) is 0 Å². The Morgan fingerprint density at radius 1 is 1.35 bits per heavy atom. The van der Waals surface area contributed by atoms with Crippen LogP contribution < -0.4 is 4.74 Å². The topological polar surface area (TPSA) is 38.7 Å². The molecule has 1 rings (SSSR count). The van der Waals surface area contributed by atoms with Crippen molar-refractivity contribution in [3.8, 4) is 5.75 Å². The van der Waals surface area contributed by atoms with E-state index in [9.17, 15) is 4.39 Å². The summed E-state index contributed by atoms with van der Waals surface area (Å²) in [6.45, 7) is 0.995. The van der Waals surface area contributed by atoms with Gasteiger partial charge in [0.05, 0.1) is 26.9 Å². The van der Waals surface area contributed by atoms with Crippen molar-refractivity contribution in [2.24, 2.45) is 0 Å². The third-order valence-corrected chi connectivity index (χ3v) is 3.08. The Kier molecular flexibility index (Phi) is 7.00. The van der Waals surface area contributed by atoms with E-state index in [2.05, 4.69) is 0 Å². The van der Waals surface area contributed by atoms with E-state index in [1.165, 1.54) is 12.1 Å². The lowest BCUT2D eigenvalue weighted by atomic mass is 10.2. The lowest BCUT2D eigenvalue weighted by molar-refractivity contribution is 0.103. The predicted molar refractivity (Wildman–Crippen MR) is 67.0 cm³/mol. The van der Waals surface area contributed by atoms with Crippen LogP contribution in [-0.4, -0.2) is 37.8 Å². The molecule has 0 saturated heterocycles. The zero-order valence-electron chi connectivity index (χ0n) is 9.82. The molecular formula is C12H17FO3S. The Morgan fingerprint density at radius 2 is 2.18 bits per heavy atom. The molecule has 1 aromatic rings. The molecule has 0 aliphatic carbocycles. The van der Waals surface area contributed by atoms with Gasteiger partial charge in [-0.2, -0.15) is 11.8 Å². The summed E-state index contributed by atoms with van der Waals surface area (Å²) in [5, 5.41) is 8.51. The highest BCUT2D eigenvalue weighted by atomic mass is 32.2. The van der Waals surface area contributed by atoms with Gasteiger partial charge in [-0.3, -0.25) is 0 Å². The summed E-state index contributed by atoms with van der Waals surface area (Å²) in [4.78, 5) is 0. The number of aliphatic hydroxyl groups excluding tert-OH is 1. The molecule has 0 amide bonds. The summed E-state index contributed by atoms with van der Waals surface area (Å²) < 4.78 is 23.3. The SMILES string of the molecule is COc1ccc(F)cc1CSCCOCCO. The van der Waals surface area contributed by atoms with Gasteiger partial charge in [-0.05, 0) is 18.2 Å². The minimum absolute atomic E-state index is 0.0440. The first-order valence-corrected chi connectivity index (χ1v) is 6.52. The molecule has 0 aromatic heterocycles. The van der Waals surface area contributed by atoms with Crippen molar-refractivity contribution < 1.29 is 19.0 Å². The predicted octanol–water partition coefficient (Wildman–Crippen LogP) is 2.08. The molecule has 0 atom stereocenters. The summed E-state index contributed by atoms with van der Waals surface area (Å²) in [6, 6.07) is 4.51. The molecule has 0 heterocycles. The van der Waals surface area contributed by atoms with Gasteiger partial charge in [0.15, 0.2) is 0 Å². The number of benzene rings is 1. The lowest BCUT2D eigenvalue weighted by Gasteiger charge is -2.08. The van der Waals surface area contributed by atoms with Crippen molar-refractivity contribution >= 4 is 11.8 Å². The molecule has 96 valence electrons. The summed E-state index contributed by atoms with van der Waals surface area (Å²) in [6.07, 6.45) is 0. The molecule has 5 heteroatoms. The molecular weight excluding hydrogens is 243 g/mol. The van der Waals surface area contributed by atoms with Crippen LogP contribution in [0.25, 0.3) is 0 Å². The Morgan fingerprint density at radius 3 is 2.88 bits per heavy atom. The molecule has 0 aliphatic rings. The van der Waals surface area contributed by atoms with E-state index in [-0.39, 0.29) is 12.4 Å². The molecule has 0 spiro atoms. The number of thioether (sulfide) groups is 1. The van der Waals surface area contributed by atoms with Gasteiger partial charge in [0.25, 0.3) is 0 Å². The number of halogens is 1. The molecule has 0 fully saturated rings. The van der Waals surface area contributed by atoms with Crippen LogP contribution in [0.4, 0.5) is 4.39 Å². The van der Waals surface area contributed by atoms with Crippen molar-refractivity contribution in [3.05, 3.63) is 29.6 Å². The van der Waals surface area contributed by atoms with Crippen LogP contribution in [0.1, 0.15) is 5.56 Å². The van der Waals surface area contributed by atoms with Gasteiger partial charge in [-0.25, -0.2) is 4.39 Å². The fourth-order valence-corrected chi connectivity index (χ4v) is 2.15. The lowest BCUT2D eigenvalue weighted by Crippen LogP contribution is -2.02. The largest absolute Gasteiger partial charge is 0.496 e. The summed E-state index contributed by atoms with van der Waals surface area (Å²) in [5.74, 6) is 1.94. The zero-order chi connectivity index (χ0) is 12.5. The average molecular weight is 260 g/mol. The van der Waals surface area contributed by atoms with Crippen LogP contribution in [0, 0.1) is 5.82 Å². The van der Waals surface area contributed by atoms with E-state index in [1.807, 2.05) is 0 Å². The van der Waals surface area contributed by atoms with Crippen molar-refractivity contribution in [2.45, 2.75) is 5.75 Å². The van der Waals surface area contributed by atoms with Gasteiger partial charge in [0.1, 0.15) is 11.6 Å². The van der Waals surface area contributed by atoms with Gasteiger partial charge < -0.3 is 14.6 Å². The second-order valence-corrected chi connectivity index (χ2v) is 4.45. The summed E-state index contributed by atoms with van der Waals surface area (Å²) >= 11 is 1.64. The standard InChI is InChI=1S/C12H17FO3S/c1-15-12-3-2-11(13)8-10(12)9-17-7-6-16-5-4-14/h2-3,8,14H,4-7,9H2,1H3. The molecule has 1 aromatic carbocycles. The van der Waals surface area contributed by atoms with E-state index >= 15 is 0 Å². The minimum Gasteiger partial charge on any atom is -0.496 e. The number of ether oxygens (including phenoxy) is 2. The van der Waals surface area contributed by atoms with Crippen molar-refractivity contribution in [2.75, 3.05) is 32.7 Å². The van der Waals surface area contributed by atoms with Gasteiger partial charge in [0, 0.05) is 17.1 Å². The van der Waals surface area contributed by atoms with Gasteiger partial charge >= 0.3 is 0 Å². The van der Waals surface area contributed by atoms with E-state index in [0.29, 0.717) is 24.7 Å². The van der Waals surface area contributed by atoms with Crippen LogP contribution in [0.3, 0.4) is 0 Å². The number of hydrogen-bond acceptors (Lipinski definition) is 4. The second kappa shape index (κ2) is 8.33. The summed E-state index contributed by atoms with van der Waals surface area (Å²) in [7, 11) is 1.58. The smallest absolute Gasteiger partial charge is 0.123 e. The average Bonchev–Trinajstić information content (AvgIpc) is 2.34. The number of aliphatic hydroxyl groups is 1. The third-order valence-electron chi connectivity index (χ3n) is 2.11.